The predicted molar refractivity (Wildman–Crippen MR) is 92.0 cm³/mol. The Hall–Kier alpha value is -1.30. The summed E-state index contributed by atoms with van der Waals surface area (Å²) in [5, 5.41) is 9.44. The lowest BCUT2D eigenvalue weighted by Gasteiger charge is -2.22. The van der Waals surface area contributed by atoms with Gasteiger partial charge < -0.3 is 16.0 Å². The fourth-order valence-electron chi connectivity index (χ4n) is 2.55. The third-order valence-corrected chi connectivity index (χ3v) is 4.60. The van der Waals surface area contributed by atoms with Crippen LogP contribution in [-0.2, 0) is 4.79 Å². The molecule has 7 heteroatoms. The number of piperidine rings is 1. The maximum absolute atomic E-state index is 11.9. The van der Waals surface area contributed by atoms with E-state index in [0.29, 0.717) is 28.1 Å². The minimum Gasteiger partial charge on any atom is -0.355 e. The first-order valence-corrected chi connectivity index (χ1v) is 8.52. The standard InChI is InChI=1S/C16H21Cl2N3O2/c17-13-4-3-12(8-14(13)18)16(23)21-10-15(22)20-7-5-11-2-1-6-19-9-11/h3-4,8,11,19H,1-2,5-7,9-10H2,(H,20,22)(H,21,23). The highest BCUT2D eigenvalue weighted by Crippen LogP contribution is 2.22. The van der Waals surface area contributed by atoms with Crippen molar-refractivity contribution in [3.8, 4) is 0 Å². The van der Waals surface area contributed by atoms with Crippen LogP contribution in [0, 0.1) is 5.92 Å². The molecule has 0 bridgehead atoms. The van der Waals surface area contributed by atoms with Crippen molar-refractivity contribution in [1.29, 1.82) is 0 Å². The zero-order valence-corrected chi connectivity index (χ0v) is 14.3. The fourth-order valence-corrected chi connectivity index (χ4v) is 2.85. The number of hydrogen-bond donors (Lipinski definition) is 3. The van der Waals surface area contributed by atoms with Gasteiger partial charge >= 0.3 is 0 Å². The summed E-state index contributed by atoms with van der Waals surface area (Å²) in [7, 11) is 0. The van der Waals surface area contributed by atoms with E-state index in [-0.39, 0.29) is 18.4 Å². The van der Waals surface area contributed by atoms with Crippen molar-refractivity contribution in [3.63, 3.8) is 0 Å². The van der Waals surface area contributed by atoms with Gasteiger partial charge in [-0.3, -0.25) is 9.59 Å². The van der Waals surface area contributed by atoms with Crippen molar-refractivity contribution >= 4 is 35.0 Å². The molecule has 1 atom stereocenters. The Morgan fingerprint density at radius 3 is 2.74 bits per heavy atom. The molecule has 1 aromatic rings. The van der Waals surface area contributed by atoms with Gasteiger partial charge in [-0.05, 0) is 56.5 Å². The lowest BCUT2D eigenvalue weighted by atomic mass is 9.96. The average Bonchev–Trinajstić information content (AvgIpc) is 2.56. The zero-order valence-electron chi connectivity index (χ0n) is 12.8. The molecule has 3 N–H and O–H groups in total. The van der Waals surface area contributed by atoms with Gasteiger partial charge in [0.05, 0.1) is 16.6 Å². The van der Waals surface area contributed by atoms with Crippen molar-refractivity contribution in [2.75, 3.05) is 26.2 Å². The van der Waals surface area contributed by atoms with E-state index in [1.165, 1.54) is 18.9 Å². The van der Waals surface area contributed by atoms with Crippen molar-refractivity contribution < 1.29 is 9.59 Å². The molecule has 5 nitrogen and oxygen atoms in total. The number of nitrogens with one attached hydrogen (secondary N) is 3. The topological polar surface area (TPSA) is 70.2 Å². The highest BCUT2D eigenvalue weighted by Gasteiger charge is 2.13. The molecule has 1 aromatic carbocycles. The van der Waals surface area contributed by atoms with Gasteiger partial charge in [0.2, 0.25) is 5.91 Å². The Kier molecular flexibility index (Phi) is 7.15. The summed E-state index contributed by atoms with van der Waals surface area (Å²) in [5.41, 5.74) is 0.375. The lowest BCUT2D eigenvalue weighted by Crippen LogP contribution is -2.38. The summed E-state index contributed by atoms with van der Waals surface area (Å²) in [6.45, 7) is 2.68. The van der Waals surface area contributed by atoms with Crippen LogP contribution in [0.4, 0.5) is 0 Å². The molecule has 1 heterocycles. The molecule has 0 radical (unpaired) electrons. The molecule has 0 aromatic heterocycles. The quantitative estimate of drug-likeness (QED) is 0.730. The molecule has 2 rings (SSSR count). The Bertz CT molecular complexity index is 560. The zero-order chi connectivity index (χ0) is 16.7. The number of carbonyl (C=O) groups excluding carboxylic acids is 2. The third kappa shape index (κ3) is 6.01. The molecule has 23 heavy (non-hydrogen) atoms. The number of benzene rings is 1. The highest BCUT2D eigenvalue weighted by molar-refractivity contribution is 6.42. The van der Waals surface area contributed by atoms with Gasteiger partial charge in [0.15, 0.2) is 0 Å². The molecule has 0 spiro atoms. The van der Waals surface area contributed by atoms with E-state index >= 15 is 0 Å². The second-order valence-electron chi connectivity index (χ2n) is 5.66. The monoisotopic (exact) mass is 357 g/mol. The summed E-state index contributed by atoms with van der Waals surface area (Å²) in [6, 6.07) is 4.60. The van der Waals surface area contributed by atoms with Crippen LogP contribution in [0.1, 0.15) is 29.6 Å². The van der Waals surface area contributed by atoms with Gasteiger partial charge in [-0.15, -0.1) is 0 Å². The highest BCUT2D eigenvalue weighted by atomic mass is 35.5. The fraction of sp³-hybridized carbons (Fsp3) is 0.500. The van der Waals surface area contributed by atoms with E-state index in [0.717, 1.165) is 19.5 Å². The lowest BCUT2D eigenvalue weighted by molar-refractivity contribution is -0.120. The van der Waals surface area contributed by atoms with Gasteiger partial charge in [-0.1, -0.05) is 23.2 Å². The SMILES string of the molecule is O=C(CNC(=O)c1ccc(Cl)c(Cl)c1)NCCC1CCCNC1. The van der Waals surface area contributed by atoms with Crippen LogP contribution in [0.2, 0.25) is 10.0 Å². The molecule has 1 aliphatic heterocycles. The van der Waals surface area contributed by atoms with Crippen LogP contribution < -0.4 is 16.0 Å². The number of amides is 2. The second-order valence-corrected chi connectivity index (χ2v) is 6.48. The van der Waals surface area contributed by atoms with Crippen molar-refractivity contribution in [2.45, 2.75) is 19.3 Å². The Labute approximate surface area is 146 Å². The molecule has 1 unspecified atom stereocenters. The smallest absolute Gasteiger partial charge is 0.251 e. The van der Waals surface area contributed by atoms with E-state index in [9.17, 15) is 9.59 Å². The Morgan fingerprint density at radius 2 is 2.04 bits per heavy atom. The number of rotatable bonds is 6. The number of carbonyl (C=O) groups is 2. The summed E-state index contributed by atoms with van der Waals surface area (Å²) >= 11 is 11.7. The Balaban J connectivity index is 1.67. The molecule has 1 saturated heterocycles. The van der Waals surface area contributed by atoms with Crippen LogP contribution in [0.15, 0.2) is 18.2 Å². The van der Waals surface area contributed by atoms with Crippen LogP contribution in [-0.4, -0.2) is 38.0 Å². The van der Waals surface area contributed by atoms with Gasteiger partial charge in [0, 0.05) is 12.1 Å². The Morgan fingerprint density at radius 1 is 1.22 bits per heavy atom. The van der Waals surface area contributed by atoms with Crippen molar-refractivity contribution in [3.05, 3.63) is 33.8 Å². The number of halogens is 2. The molecule has 0 aliphatic carbocycles. The van der Waals surface area contributed by atoms with Gasteiger partial charge in [-0.2, -0.15) is 0 Å². The third-order valence-electron chi connectivity index (χ3n) is 3.86. The number of hydrogen-bond acceptors (Lipinski definition) is 3. The summed E-state index contributed by atoms with van der Waals surface area (Å²) < 4.78 is 0. The van der Waals surface area contributed by atoms with E-state index in [2.05, 4.69) is 16.0 Å². The van der Waals surface area contributed by atoms with Gasteiger partial charge in [-0.25, -0.2) is 0 Å². The van der Waals surface area contributed by atoms with E-state index in [1.54, 1.807) is 12.1 Å². The van der Waals surface area contributed by atoms with Crippen molar-refractivity contribution in [1.82, 2.24) is 16.0 Å². The molecular formula is C16H21Cl2N3O2. The minimum absolute atomic E-state index is 0.0536. The maximum Gasteiger partial charge on any atom is 0.251 e. The van der Waals surface area contributed by atoms with E-state index in [4.69, 9.17) is 23.2 Å². The minimum atomic E-state index is -0.352. The molecule has 126 valence electrons. The van der Waals surface area contributed by atoms with Gasteiger partial charge in [0.1, 0.15) is 0 Å². The predicted octanol–water partition coefficient (Wildman–Crippen LogP) is 2.23. The first-order valence-electron chi connectivity index (χ1n) is 7.77. The summed E-state index contributed by atoms with van der Waals surface area (Å²) in [5.74, 6) is 0.0761. The molecule has 1 aliphatic rings. The molecule has 1 fully saturated rings. The first-order chi connectivity index (χ1) is 11.1. The van der Waals surface area contributed by atoms with Crippen LogP contribution in [0.25, 0.3) is 0 Å². The van der Waals surface area contributed by atoms with Crippen LogP contribution in [0.5, 0.6) is 0 Å². The maximum atomic E-state index is 11.9. The normalized spacial score (nSPS) is 17.6. The van der Waals surface area contributed by atoms with Crippen molar-refractivity contribution in [2.24, 2.45) is 5.92 Å². The molecular weight excluding hydrogens is 337 g/mol. The summed E-state index contributed by atoms with van der Waals surface area (Å²) in [6.07, 6.45) is 3.36. The van der Waals surface area contributed by atoms with Gasteiger partial charge in [0.25, 0.3) is 5.91 Å². The second kappa shape index (κ2) is 9.11. The van der Waals surface area contributed by atoms with Crippen LogP contribution in [0.3, 0.4) is 0 Å². The van der Waals surface area contributed by atoms with E-state index in [1.807, 2.05) is 0 Å². The largest absolute Gasteiger partial charge is 0.355 e. The summed E-state index contributed by atoms with van der Waals surface area (Å²) in [4.78, 5) is 23.7. The first kappa shape index (κ1) is 18.0. The molecule has 2 amide bonds. The molecule has 0 saturated carbocycles. The van der Waals surface area contributed by atoms with Crippen LogP contribution >= 0.6 is 23.2 Å². The average molecular weight is 358 g/mol. The van der Waals surface area contributed by atoms with E-state index < -0.39 is 0 Å².